The molecule has 1 aromatic carbocycles. The molecule has 0 fully saturated rings. The monoisotopic (exact) mass is 369 g/mol. The van der Waals surface area contributed by atoms with E-state index in [9.17, 15) is 14.9 Å². The highest BCUT2D eigenvalue weighted by atomic mass is 16.6. The van der Waals surface area contributed by atoms with Crippen molar-refractivity contribution in [3.8, 4) is 5.69 Å². The first-order chi connectivity index (χ1) is 12.9. The quantitative estimate of drug-likeness (QED) is 0.380. The average Bonchev–Trinajstić information content (AvgIpc) is 3.30. The van der Waals surface area contributed by atoms with Gasteiger partial charge in [0.1, 0.15) is 6.54 Å². The van der Waals surface area contributed by atoms with Crippen molar-refractivity contribution < 1.29 is 9.72 Å². The van der Waals surface area contributed by atoms with E-state index < -0.39 is 10.8 Å². The van der Waals surface area contributed by atoms with Crippen LogP contribution >= 0.6 is 0 Å². The van der Waals surface area contributed by atoms with Crippen molar-refractivity contribution >= 4 is 17.4 Å². The van der Waals surface area contributed by atoms with Crippen molar-refractivity contribution in [2.45, 2.75) is 20.4 Å². The number of nitrogens with zero attached hydrogens (tertiary/aromatic N) is 8. The molecule has 12 heteroatoms. The van der Waals surface area contributed by atoms with Crippen LogP contribution in [0.4, 0.5) is 5.82 Å². The Hall–Kier alpha value is -3.96. The van der Waals surface area contributed by atoms with Gasteiger partial charge in [-0.15, -0.1) is 15.0 Å². The van der Waals surface area contributed by atoms with Gasteiger partial charge in [0.25, 0.3) is 5.91 Å². The van der Waals surface area contributed by atoms with Crippen molar-refractivity contribution in [1.82, 2.24) is 35.4 Å². The molecule has 0 bridgehead atoms. The molecule has 0 unspecified atom stereocenters. The van der Waals surface area contributed by atoms with Crippen LogP contribution in [0, 0.1) is 17.0 Å². The summed E-state index contributed by atoms with van der Waals surface area (Å²) in [5, 5.41) is 29.9. The highest BCUT2D eigenvalue weighted by Crippen LogP contribution is 2.11. The largest absolute Gasteiger partial charge is 0.390 e. The third kappa shape index (κ3) is 4.18. The van der Waals surface area contributed by atoms with E-state index in [2.05, 4.69) is 31.0 Å². The van der Waals surface area contributed by atoms with Gasteiger partial charge in [0, 0.05) is 0 Å². The number of nitro groups is 1. The smallest absolute Gasteiger partial charge is 0.358 e. The van der Waals surface area contributed by atoms with Crippen molar-refractivity contribution in [2.75, 3.05) is 0 Å². The summed E-state index contributed by atoms with van der Waals surface area (Å²) in [5.74, 6) is -0.749. The summed E-state index contributed by atoms with van der Waals surface area (Å²) < 4.78 is 1.25. The Kier molecular flexibility index (Phi) is 4.97. The van der Waals surface area contributed by atoms with E-state index in [1.807, 2.05) is 12.1 Å². The van der Waals surface area contributed by atoms with Gasteiger partial charge in [0.2, 0.25) is 0 Å². The number of hydrogen-bond donors (Lipinski definition) is 1. The molecule has 0 atom stereocenters. The maximum absolute atomic E-state index is 12.0. The maximum Gasteiger partial charge on any atom is 0.390 e. The molecule has 1 N–H and O–H groups in total. The molecule has 0 saturated carbocycles. The number of aromatic nitrogens is 6. The zero-order chi connectivity index (χ0) is 19.4. The average molecular weight is 369 g/mol. The molecule has 0 radical (unpaired) electrons. The molecule has 0 spiro atoms. The highest BCUT2D eigenvalue weighted by molar-refractivity contribution is 5.99. The lowest BCUT2D eigenvalue weighted by molar-refractivity contribution is -0.389. The first-order valence-electron chi connectivity index (χ1n) is 7.80. The number of nitrogens with one attached hydrogen (secondary N) is 1. The van der Waals surface area contributed by atoms with Gasteiger partial charge in [-0.05, 0) is 41.7 Å². The van der Waals surface area contributed by atoms with Crippen molar-refractivity contribution in [3.05, 3.63) is 58.0 Å². The van der Waals surface area contributed by atoms with Crippen LogP contribution in [0.2, 0.25) is 0 Å². The predicted octanol–water partition coefficient (Wildman–Crippen LogP) is 0.616. The van der Waals surface area contributed by atoms with E-state index in [1.165, 1.54) is 21.9 Å². The number of amides is 1. The van der Waals surface area contributed by atoms with Gasteiger partial charge in [-0.2, -0.15) is 9.78 Å². The number of benzene rings is 1. The minimum absolute atomic E-state index is 0.173. The fourth-order valence-electron chi connectivity index (χ4n) is 2.25. The van der Waals surface area contributed by atoms with E-state index in [4.69, 9.17) is 0 Å². The molecule has 3 rings (SSSR count). The van der Waals surface area contributed by atoms with E-state index in [0.29, 0.717) is 11.4 Å². The maximum atomic E-state index is 12.0. The van der Waals surface area contributed by atoms with Crippen molar-refractivity contribution in [3.63, 3.8) is 0 Å². The summed E-state index contributed by atoms with van der Waals surface area (Å²) in [5.41, 5.74) is 5.05. The fraction of sp³-hybridized carbons (Fsp3) is 0.200. The minimum Gasteiger partial charge on any atom is -0.358 e. The number of aryl methyl sites for hydroxylation is 1. The summed E-state index contributed by atoms with van der Waals surface area (Å²) in [6.07, 6.45) is 1.34. The second-order valence-corrected chi connectivity index (χ2v) is 5.56. The second-order valence-electron chi connectivity index (χ2n) is 5.56. The second kappa shape index (κ2) is 7.51. The van der Waals surface area contributed by atoms with Crippen molar-refractivity contribution in [2.24, 2.45) is 5.10 Å². The zero-order valence-electron chi connectivity index (χ0n) is 14.5. The Morgan fingerprint density at radius 2 is 2.07 bits per heavy atom. The topological polar surface area (TPSA) is 146 Å². The van der Waals surface area contributed by atoms with E-state index in [-0.39, 0.29) is 12.4 Å². The molecule has 1 amide bonds. The Balaban J connectivity index is 1.63. The SMILES string of the molecule is C/C(=N\NC(=O)Cn1nc([N+](=O)[O-])cc1C)c1ccc(-n2ncnn2)cc1. The van der Waals surface area contributed by atoms with Gasteiger partial charge < -0.3 is 10.1 Å². The molecule has 0 aliphatic carbocycles. The molecular formula is C15H15N9O3. The van der Waals surface area contributed by atoms with Crippen LogP contribution in [-0.4, -0.2) is 46.5 Å². The molecule has 0 saturated heterocycles. The number of carbonyl (C=O) groups excluding carboxylic acids is 1. The number of carbonyl (C=O) groups is 1. The number of rotatable bonds is 6. The van der Waals surface area contributed by atoms with Crippen LogP contribution in [-0.2, 0) is 11.3 Å². The molecule has 0 aliphatic rings. The van der Waals surface area contributed by atoms with Gasteiger partial charge in [-0.25, -0.2) is 5.43 Å². The lowest BCUT2D eigenvalue weighted by Gasteiger charge is -2.04. The van der Waals surface area contributed by atoms with Gasteiger partial charge in [0.15, 0.2) is 6.33 Å². The summed E-state index contributed by atoms with van der Waals surface area (Å²) in [7, 11) is 0. The van der Waals surface area contributed by atoms with Gasteiger partial charge in [-0.3, -0.25) is 4.79 Å². The van der Waals surface area contributed by atoms with E-state index in [0.717, 1.165) is 11.3 Å². The third-order valence-corrected chi connectivity index (χ3v) is 3.66. The summed E-state index contributed by atoms with van der Waals surface area (Å²) in [4.78, 5) is 23.5. The number of hydrazone groups is 1. The van der Waals surface area contributed by atoms with Gasteiger partial charge >= 0.3 is 5.82 Å². The Labute approximate surface area is 152 Å². The minimum atomic E-state index is -0.609. The molecular weight excluding hydrogens is 354 g/mol. The lowest BCUT2D eigenvalue weighted by atomic mass is 10.1. The molecule has 3 aromatic rings. The van der Waals surface area contributed by atoms with Crippen LogP contribution in [0.15, 0.2) is 41.8 Å². The standard InChI is InChI=1S/C15H15N9O3/c1-10-7-14(24(26)27)20-22(10)8-15(25)19-18-11(2)12-3-5-13(6-4-12)23-17-9-16-21-23/h3-7,9H,8H2,1-2H3,(H,19,25)/b18-11+. The predicted molar refractivity (Wildman–Crippen MR) is 93.1 cm³/mol. The molecule has 2 aromatic heterocycles. The van der Waals surface area contributed by atoms with Crippen LogP contribution in [0.1, 0.15) is 18.2 Å². The van der Waals surface area contributed by atoms with Gasteiger partial charge in [0.05, 0.1) is 28.3 Å². The Bertz CT molecular complexity index is 990. The summed E-state index contributed by atoms with van der Waals surface area (Å²) in [6.45, 7) is 3.20. The fourth-order valence-corrected chi connectivity index (χ4v) is 2.25. The van der Waals surface area contributed by atoms with Crippen LogP contribution in [0.3, 0.4) is 0 Å². The zero-order valence-corrected chi connectivity index (χ0v) is 14.5. The normalized spacial score (nSPS) is 11.4. The molecule has 2 heterocycles. The molecule has 12 nitrogen and oxygen atoms in total. The van der Waals surface area contributed by atoms with E-state index in [1.54, 1.807) is 26.0 Å². The summed E-state index contributed by atoms with van der Waals surface area (Å²) in [6, 6.07) is 8.51. The van der Waals surface area contributed by atoms with E-state index >= 15 is 0 Å². The first-order valence-corrected chi connectivity index (χ1v) is 7.80. The Morgan fingerprint density at radius 1 is 1.33 bits per heavy atom. The first kappa shape index (κ1) is 17.8. The van der Waals surface area contributed by atoms with Crippen LogP contribution < -0.4 is 5.43 Å². The molecule has 0 aliphatic heterocycles. The van der Waals surface area contributed by atoms with Crippen molar-refractivity contribution in [1.29, 1.82) is 0 Å². The molecule has 138 valence electrons. The Morgan fingerprint density at radius 3 is 2.67 bits per heavy atom. The number of tetrazole rings is 1. The third-order valence-electron chi connectivity index (χ3n) is 3.66. The lowest BCUT2D eigenvalue weighted by Crippen LogP contribution is -2.25. The van der Waals surface area contributed by atoms with Crippen LogP contribution in [0.25, 0.3) is 5.69 Å². The highest BCUT2D eigenvalue weighted by Gasteiger charge is 2.17. The van der Waals surface area contributed by atoms with Crippen LogP contribution in [0.5, 0.6) is 0 Å². The number of hydrogen-bond acceptors (Lipinski definition) is 8. The van der Waals surface area contributed by atoms with Gasteiger partial charge in [-0.1, -0.05) is 12.1 Å². The summed E-state index contributed by atoms with van der Waals surface area (Å²) >= 11 is 0. The molecule has 27 heavy (non-hydrogen) atoms.